The van der Waals surface area contributed by atoms with Gasteiger partial charge >= 0.3 is 0 Å². The van der Waals surface area contributed by atoms with Crippen molar-refractivity contribution in [3.63, 3.8) is 0 Å². The molecule has 2 aromatic heterocycles. The van der Waals surface area contributed by atoms with E-state index in [1.807, 2.05) is 0 Å². The highest BCUT2D eigenvalue weighted by atomic mass is 35.5. The maximum Gasteiger partial charge on any atom is 0.262 e. The second-order valence-electron chi connectivity index (χ2n) is 3.68. The van der Waals surface area contributed by atoms with Crippen LogP contribution in [-0.2, 0) is 0 Å². The second-order valence-corrected chi connectivity index (χ2v) is 4.41. The fourth-order valence-corrected chi connectivity index (χ4v) is 1.64. The van der Waals surface area contributed by atoms with E-state index in [1.54, 1.807) is 6.92 Å². The van der Waals surface area contributed by atoms with Crippen molar-refractivity contribution in [2.24, 2.45) is 0 Å². The molecule has 2 rings (SSSR count). The van der Waals surface area contributed by atoms with E-state index in [0.29, 0.717) is 5.69 Å². The number of aryl methyl sites for hydroxylation is 1. The van der Waals surface area contributed by atoms with E-state index in [4.69, 9.17) is 23.2 Å². The van der Waals surface area contributed by atoms with Crippen molar-refractivity contribution in [2.45, 2.75) is 6.92 Å². The van der Waals surface area contributed by atoms with Crippen LogP contribution >= 0.6 is 23.2 Å². The number of aromatic nitrogens is 3. The molecule has 2 heterocycles. The van der Waals surface area contributed by atoms with Crippen molar-refractivity contribution < 1.29 is 4.79 Å². The summed E-state index contributed by atoms with van der Waals surface area (Å²) >= 11 is 11.5. The van der Waals surface area contributed by atoms with Gasteiger partial charge < -0.3 is 10.3 Å². The molecule has 8 heteroatoms. The van der Waals surface area contributed by atoms with Crippen LogP contribution in [-0.4, -0.2) is 20.9 Å². The van der Waals surface area contributed by atoms with E-state index in [2.05, 4.69) is 20.3 Å². The van der Waals surface area contributed by atoms with Crippen LogP contribution in [0.2, 0.25) is 10.2 Å². The van der Waals surface area contributed by atoms with Gasteiger partial charge in [0.05, 0.1) is 0 Å². The number of halogens is 2. The third-order valence-electron chi connectivity index (χ3n) is 2.28. The summed E-state index contributed by atoms with van der Waals surface area (Å²) < 4.78 is 0. The van der Waals surface area contributed by atoms with Crippen LogP contribution in [0.25, 0.3) is 0 Å². The molecule has 6 nitrogen and oxygen atoms in total. The topological polar surface area (TPSA) is 87.7 Å². The minimum Gasteiger partial charge on any atom is -0.364 e. The number of carbonyl (C=O) groups is 1. The minimum absolute atomic E-state index is 0.0149. The number of nitrogens with one attached hydrogen (secondary N) is 2. The Labute approximate surface area is 117 Å². The largest absolute Gasteiger partial charge is 0.364 e. The van der Waals surface area contributed by atoms with Crippen LogP contribution in [0.4, 0.5) is 5.82 Å². The Hall–Kier alpha value is -1.92. The maximum atomic E-state index is 11.9. The molecule has 0 aliphatic rings. The van der Waals surface area contributed by atoms with E-state index >= 15 is 0 Å². The Kier molecular flexibility index (Phi) is 3.82. The molecule has 0 unspecified atom stereocenters. The summed E-state index contributed by atoms with van der Waals surface area (Å²) in [5.41, 5.74) is 0.214. The van der Waals surface area contributed by atoms with Crippen molar-refractivity contribution >= 4 is 34.9 Å². The normalized spacial score (nSPS) is 10.3. The molecular formula is C11H8Cl2N4O2. The zero-order valence-electron chi connectivity index (χ0n) is 9.70. The molecule has 0 radical (unpaired) electrons. The molecule has 0 atom stereocenters. The zero-order chi connectivity index (χ0) is 14.0. The van der Waals surface area contributed by atoms with Gasteiger partial charge in [-0.15, -0.1) is 0 Å². The van der Waals surface area contributed by atoms with Gasteiger partial charge in [0.2, 0.25) is 0 Å². The average molecular weight is 299 g/mol. The number of anilines is 1. The van der Waals surface area contributed by atoms with Crippen LogP contribution in [0.3, 0.4) is 0 Å². The molecule has 0 bridgehead atoms. The van der Waals surface area contributed by atoms with Gasteiger partial charge in [-0.05, 0) is 6.92 Å². The Bertz CT molecular complexity index is 699. The molecule has 0 saturated heterocycles. The van der Waals surface area contributed by atoms with Crippen molar-refractivity contribution in [2.75, 3.05) is 5.32 Å². The number of hydrogen-bond donors (Lipinski definition) is 2. The summed E-state index contributed by atoms with van der Waals surface area (Å²) in [5.74, 6) is -0.579. The molecule has 0 fully saturated rings. The quantitative estimate of drug-likeness (QED) is 0.831. The summed E-state index contributed by atoms with van der Waals surface area (Å²) in [6, 6.07) is 1.32. The van der Waals surface area contributed by atoms with Crippen LogP contribution in [0, 0.1) is 6.92 Å². The number of carbonyl (C=O) groups excluding carboxylic acids is 1. The number of rotatable bonds is 2. The van der Waals surface area contributed by atoms with Gasteiger partial charge in [0.1, 0.15) is 16.9 Å². The van der Waals surface area contributed by atoms with Gasteiger partial charge in [-0.3, -0.25) is 9.59 Å². The second kappa shape index (κ2) is 5.38. The Balaban J connectivity index is 2.31. The first-order valence-electron chi connectivity index (χ1n) is 5.15. The van der Waals surface area contributed by atoms with E-state index < -0.39 is 11.3 Å². The third kappa shape index (κ3) is 2.91. The number of nitrogens with zero attached hydrogens (tertiary/aromatic N) is 2. The molecule has 0 saturated carbocycles. The maximum absolute atomic E-state index is 11.9. The fraction of sp³-hybridized carbons (Fsp3) is 0.0909. The molecule has 2 N–H and O–H groups in total. The highest BCUT2D eigenvalue weighted by Crippen LogP contribution is 2.25. The minimum atomic E-state index is -0.627. The average Bonchev–Trinajstić information content (AvgIpc) is 2.34. The van der Waals surface area contributed by atoms with Crippen molar-refractivity contribution in [1.29, 1.82) is 0 Å². The lowest BCUT2D eigenvalue weighted by molar-refractivity contribution is 0.102. The SMILES string of the molecule is Cc1cc(=O)c(C(=O)Nc2ncnc(Cl)c2Cl)c[nH]1. The highest BCUT2D eigenvalue weighted by Gasteiger charge is 2.14. The van der Waals surface area contributed by atoms with Crippen molar-refractivity contribution in [3.8, 4) is 0 Å². The van der Waals surface area contributed by atoms with E-state index in [-0.39, 0.29) is 21.6 Å². The van der Waals surface area contributed by atoms with Crippen LogP contribution in [0.15, 0.2) is 23.4 Å². The van der Waals surface area contributed by atoms with E-state index in [1.165, 1.54) is 12.3 Å². The molecule has 0 aliphatic carbocycles. The highest BCUT2D eigenvalue weighted by molar-refractivity contribution is 6.43. The monoisotopic (exact) mass is 298 g/mol. The molecule has 19 heavy (non-hydrogen) atoms. The fourth-order valence-electron chi connectivity index (χ4n) is 1.36. The number of aromatic amines is 1. The summed E-state index contributed by atoms with van der Waals surface area (Å²) in [4.78, 5) is 33.8. The number of hydrogen-bond acceptors (Lipinski definition) is 4. The van der Waals surface area contributed by atoms with Gasteiger partial charge in [0.25, 0.3) is 5.91 Å². The molecule has 2 aromatic rings. The van der Waals surface area contributed by atoms with E-state index in [9.17, 15) is 9.59 Å². The van der Waals surface area contributed by atoms with Gasteiger partial charge in [-0.2, -0.15) is 0 Å². The summed E-state index contributed by atoms with van der Waals surface area (Å²) in [7, 11) is 0. The first-order chi connectivity index (χ1) is 8.99. The van der Waals surface area contributed by atoms with Crippen LogP contribution < -0.4 is 10.7 Å². The third-order valence-corrected chi connectivity index (χ3v) is 3.02. The smallest absolute Gasteiger partial charge is 0.262 e. The lowest BCUT2D eigenvalue weighted by Crippen LogP contribution is -2.22. The Morgan fingerprint density at radius 3 is 2.79 bits per heavy atom. The lowest BCUT2D eigenvalue weighted by atomic mass is 10.2. The van der Waals surface area contributed by atoms with Crippen LogP contribution in [0.1, 0.15) is 16.1 Å². The molecule has 0 aliphatic heterocycles. The standard InChI is InChI=1S/C11H8Cl2N4O2/c1-5-2-7(18)6(3-14-5)11(19)17-10-8(12)9(13)15-4-16-10/h2-4H,1H3,(H,14,18)(H,15,16,17,19). The summed E-state index contributed by atoms with van der Waals surface area (Å²) in [6.45, 7) is 1.71. The van der Waals surface area contributed by atoms with Gasteiger partial charge in [-0.25, -0.2) is 9.97 Å². The van der Waals surface area contributed by atoms with E-state index in [0.717, 1.165) is 6.33 Å². The lowest BCUT2D eigenvalue weighted by Gasteiger charge is -2.06. The molecule has 1 amide bonds. The predicted molar refractivity (Wildman–Crippen MR) is 71.8 cm³/mol. The molecule has 0 spiro atoms. The zero-order valence-corrected chi connectivity index (χ0v) is 11.2. The first kappa shape index (κ1) is 13.5. The van der Waals surface area contributed by atoms with Gasteiger partial charge in [-0.1, -0.05) is 23.2 Å². The van der Waals surface area contributed by atoms with Gasteiger partial charge in [0.15, 0.2) is 16.4 Å². The predicted octanol–water partition coefficient (Wildman–Crippen LogP) is 2.03. The van der Waals surface area contributed by atoms with Crippen molar-refractivity contribution in [3.05, 3.63) is 50.2 Å². The number of H-pyrrole nitrogens is 1. The summed E-state index contributed by atoms with van der Waals surface area (Å²) in [6.07, 6.45) is 2.48. The summed E-state index contributed by atoms with van der Waals surface area (Å²) in [5, 5.41) is 2.43. The Morgan fingerprint density at radius 1 is 1.37 bits per heavy atom. The number of amides is 1. The van der Waals surface area contributed by atoms with Crippen molar-refractivity contribution in [1.82, 2.24) is 15.0 Å². The molecule has 0 aromatic carbocycles. The molecule has 98 valence electrons. The first-order valence-corrected chi connectivity index (χ1v) is 5.91. The van der Waals surface area contributed by atoms with Crippen LogP contribution in [0.5, 0.6) is 0 Å². The van der Waals surface area contributed by atoms with Gasteiger partial charge in [0, 0.05) is 18.0 Å². The number of pyridine rings is 1. The Morgan fingerprint density at radius 2 is 2.11 bits per heavy atom. The molecular weight excluding hydrogens is 291 g/mol.